The SMILES string of the molecule is COc1ccc(/C=C2/C(O)c3ccccc3C2NC2CCCCC2)cc1. The van der Waals surface area contributed by atoms with Crippen molar-refractivity contribution in [3.8, 4) is 5.75 Å². The lowest BCUT2D eigenvalue weighted by Gasteiger charge is -2.28. The van der Waals surface area contributed by atoms with Gasteiger partial charge in [0.2, 0.25) is 0 Å². The summed E-state index contributed by atoms with van der Waals surface area (Å²) in [6.45, 7) is 0. The molecule has 2 aliphatic carbocycles. The first kappa shape index (κ1) is 17.3. The Morgan fingerprint density at radius 3 is 2.35 bits per heavy atom. The van der Waals surface area contributed by atoms with E-state index in [2.05, 4.69) is 23.5 Å². The molecule has 0 bridgehead atoms. The molecule has 0 heterocycles. The minimum Gasteiger partial charge on any atom is -0.497 e. The van der Waals surface area contributed by atoms with E-state index < -0.39 is 6.10 Å². The van der Waals surface area contributed by atoms with Gasteiger partial charge in [-0.15, -0.1) is 0 Å². The van der Waals surface area contributed by atoms with E-state index in [0.717, 1.165) is 22.4 Å². The summed E-state index contributed by atoms with van der Waals surface area (Å²) < 4.78 is 5.25. The van der Waals surface area contributed by atoms with E-state index in [4.69, 9.17) is 4.74 Å². The molecule has 0 radical (unpaired) electrons. The van der Waals surface area contributed by atoms with Gasteiger partial charge in [0.25, 0.3) is 0 Å². The lowest BCUT2D eigenvalue weighted by Crippen LogP contribution is -2.34. The predicted octanol–water partition coefficient (Wildman–Crippen LogP) is 4.79. The van der Waals surface area contributed by atoms with Gasteiger partial charge in [-0.05, 0) is 47.2 Å². The van der Waals surface area contributed by atoms with Crippen LogP contribution in [0, 0.1) is 0 Å². The summed E-state index contributed by atoms with van der Waals surface area (Å²) in [6, 6.07) is 16.9. The van der Waals surface area contributed by atoms with Crippen molar-refractivity contribution >= 4 is 6.08 Å². The molecule has 2 aromatic rings. The van der Waals surface area contributed by atoms with Crippen LogP contribution in [0.3, 0.4) is 0 Å². The topological polar surface area (TPSA) is 41.5 Å². The molecule has 2 unspecified atom stereocenters. The fourth-order valence-electron chi connectivity index (χ4n) is 4.29. The van der Waals surface area contributed by atoms with Gasteiger partial charge in [0.05, 0.1) is 13.2 Å². The zero-order chi connectivity index (χ0) is 17.9. The van der Waals surface area contributed by atoms with Crippen molar-refractivity contribution in [3.63, 3.8) is 0 Å². The van der Waals surface area contributed by atoms with Crippen molar-refractivity contribution in [2.24, 2.45) is 0 Å². The minimum absolute atomic E-state index is 0.0893. The van der Waals surface area contributed by atoms with Crippen LogP contribution in [0.1, 0.15) is 60.9 Å². The van der Waals surface area contributed by atoms with Crippen LogP contribution in [-0.4, -0.2) is 18.3 Å². The molecule has 2 atom stereocenters. The van der Waals surface area contributed by atoms with Crippen molar-refractivity contribution in [2.75, 3.05) is 7.11 Å². The second-order valence-electron chi connectivity index (χ2n) is 7.38. The third kappa shape index (κ3) is 3.42. The maximum atomic E-state index is 11.0. The highest BCUT2D eigenvalue weighted by Crippen LogP contribution is 2.44. The number of nitrogens with one attached hydrogen (secondary N) is 1. The Balaban J connectivity index is 1.66. The number of rotatable bonds is 4. The first-order valence-corrected chi connectivity index (χ1v) is 9.65. The number of benzene rings is 2. The molecule has 0 aliphatic heterocycles. The maximum absolute atomic E-state index is 11.0. The normalized spacial score (nSPS) is 24.6. The summed E-state index contributed by atoms with van der Waals surface area (Å²) in [4.78, 5) is 0. The van der Waals surface area contributed by atoms with Crippen molar-refractivity contribution < 1.29 is 9.84 Å². The number of aliphatic hydroxyl groups is 1. The summed E-state index contributed by atoms with van der Waals surface area (Å²) in [5.74, 6) is 0.847. The molecule has 1 fully saturated rings. The van der Waals surface area contributed by atoms with E-state index in [1.165, 1.54) is 37.7 Å². The highest BCUT2D eigenvalue weighted by molar-refractivity contribution is 5.62. The fourth-order valence-corrected chi connectivity index (χ4v) is 4.29. The second-order valence-corrected chi connectivity index (χ2v) is 7.38. The summed E-state index contributed by atoms with van der Waals surface area (Å²) >= 11 is 0. The smallest absolute Gasteiger partial charge is 0.118 e. The van der Waals surface area contributed by atoms with E-state index in [1.54, 1.807) is 7.11 Å². The Kier molecular flexibility index (Phi) is 5.09. The van der Waals surface area contributed by atoms with E-state index >= 15 is 0 Å². The zero-order valence-corrected chi connectivity index (χ0v) is 15.3. The van der Waals surface area contributed by atoms with Crippen LogP contribution in [0.2, 0.25) is 0 Å². The lowest BCUT2D eigenvalue weighted by molar-refractivity contribution is 0.215. The molecular formula is C23H27NO2. The fraction of sp³-hybridized carbons (Fsp3) is 0.391. The lowest BCUT2D eigenvalue weighted by atomic mass is 9.93. The van der Waals surface area contributed by atoms with Gasteiger partial charge < -0.3 is 15.2 Å². The van der Waals surface area contributed by atoms with Gasteiger partial charge in [-0.1, -0.05) is 61.7 Å². The molecule has 0 aromatic heterocycles. The van der Waals surface area contributed by atoms with Gasteiger partial charge >= 0.3 is 0 Å². The minimum atomic E-state index is -0.547. The average molecular weight is 349 g/mol. The average Bonchev–Trinajstić information content (AvgIpc) is 2.95. The molecule has 2 N–H and O–H groups in total. The van der Waals surface area contributed by atoms with E-state index in [9.17, 15) is 5.11 Å². The summed E-state index contributed by atoms with van der Waals surface area (Å²) in [5, 5.41) is 14.8. The van der Waals surface area contributed by atoms with Crippen molar-refractivity contribution in [1.29, 1.82) is 0 Å². The van der Waals surface area contributed by atoms with E-state index in [-0.39, 0.29) is 6.04 Å². The van der Waals surface area contributed by atoms with Gasteiger partial charge in [-0.3, -0.25) is 0 Å². The van der Waals surface area contributed by atoms with Crippen LogP contribution >= 0.6 is 0 Å². The third-order valence-electron chi connectivity index (χ3n) is 5.71. The Labute approximate surface area is 155 Å². The molecule has 0 saturated heterocycles. The molecular weight excluding hydrogens is 322 g/mol. The molecule has 4 rings (SSSR count). The molecule has 0 amide bonds. The molecule has 2 aliphatic rings. The van der Waals surface area contributed by atoms with Crippen LogP contribution in [-0.2, 0) is 0 Å². The van der Waals surface area contributed by atoms with Crippen LogP contribution < -0.4 is 10.1 Å². The van der Waals surface area contributed by atoms with E-state index in [0.29, 0.717) is 6.04 Å². The zero-order valence-electron chi connectivity index (χ0n) is 15.3. The first-order chi connectivity index (χ1) is 12.8. The molecule has 3 heteroatoms. The highest BCUT2D eigenvalue weighted by Gasteiger charge is 2.35. The van der Waals surface area contributed by atoms with Crippen LogP contribution in [0.25, 0.3) is 6.08 Å². The summed E-state index contributed by atoms with van der Waals surface area (Å²) in [7, 11) is 1.68. The molecule has 1 saturated carbocycles. The Morgan fingerprint density at radius 1 is 0.962 bits per heavy atom. The molecule has 3 nitrogen and oxygen atoms in total. The van der Waals surface area contributed by atoms with Crippen LogP contribution in [0.4, 0.5) is 0 Å². The number of methoxy groups -OCH3 is 1. The van der Waals surface area contributed by atoms with Crippen molar-refractivity contribution in [1.82, 2.24) is 5.32 Å². The molecule has 0 spiro atoms. The monoisotopic (exact) mass is 349 g/mol. The van der Waals surface area contributed by atoms with E-state index in [1.807, 2.05) is 36.4 Å². The Bertz CT molecular complexity index is 775. The van der Waals surface area contributed by atoms with Crippen molar-refractivity contribution in [2.45, 2.75) is 50.3 Å². The number of hydrogen-bond acceptors (Lipinski definition) is 3. The second kappa shape index (κ2) is 7.65. The summed E-state index contributed by atoms with van der Waals surface area (Å²) in [5.41, 5.74) is 4.37. The number of hydrogen-bond donors (Lipinski definition) is 2. The maximum Gasteiger partial charge on any atom is 0.118 e. The van der Waals surface area contributed by atoms with Crippen LogP contribution in [0.5, 0.6) is 5.75 Å². The van der Waals surface area contributed by atoms with Crippen LogP contribution in [0.15, 0.2) is 54.1 Å². The number of aliphatic hydroxyl groups excluding tert-OH is 1. The van der Waals surface area contributed by atoms with Gasteiger partial charge in [0.1, 0.15) is 11.9 Å². The van der Waals surface area contributed by atoms with Gasteiger partial charge in [-0.2, -0.15) is 0 Å². The molecule has 2 aromatic carbocycles. The van der Waals surface area contributed by atoms with Gasteiger partial charge in [0, 0.05) is 6.04 Å². The Morgan fingerprint density at radius 2 is 1.65 bits per heavy atom. The molecule has 26 heavy (non-hydrogen) atoms. The molecule has 136 valence electrons. The number of fused-ring (bicyclic) bond motifs is 1. The standard InChI is InChI=1S/C23H27NO2/c1-26-18-13-11-16(12-14-18)15-21-22(24-17-7-3-2-4-8-17)19-9-5-6-10-20(19)23(21)25/h5-6,9-15,17,22-25H,2-4,7-8H2,1H3/b21-15+. The van der Waals surface area contributed by atoms with Crippen molar-refractivity contribution in [3.05, 3.63) is 70.8 Å². The quantitative estimate of drug-likeness (QED) is 0.834. The van der Waals surface area contributed by atoms with Gasteiger partial charge in [0.15, 0.2) is 0 Å². The number of ether oxygens (including phenoxy) is 1. The largest absolute Gasteiger partial charge is 0.497 e. The highest BCUT2D eigenvalue weighted by atomic mass is 16.5. The van der Waals surface area contributed by atoms with Gasteiger partial charge in [-0.25, -0.2) is 0 Å². The summed E-state index contributed by atoms with van der Waals surface area (Å²) in [6.07, 6.45) is 7.98. The third-order valence-corrected chi connectivity index (χ3v) is 5.71. The Hall–Kier alpha value is -2.10. The predicted molar refractivity (Wildman–Crippen MR) is 105 cm³/mol. The first-order valence-electron chi connectivity index (χ1n) is 9.65.